The van der Waals surface area contributed by atoms with Crippen LogP contribution in [0.25, 0.3) is 21.9 Å². The molecule has 0 aliphatic carbocycles. The summed E-state index contributed by atoms with van der Waals surface area (Å²) >= 11 is 0. The zero-order valence-corrected chi connectivity index (χ0v) is 15.1. The third kappa shape index (κ3) is 3.40. The molecule has 0 aliphatic heterocycles. The van der Waals surface area contributed by atoms with Crippen LogP contribution >= 0.6 is 0 Å². The van der Waals surface area contributed by atoms with E-state index < -0.39 is 0 Å². The van der Waals surface area contributed by atoms with Gasteiger partial charge in [-0.1, -0.05) is 18.2 Å². The highest BCUT2D eigenvalue weighted by Gasteiger charge is 2.11. The Balaban J connectivity index is 1.48. The Bertz CT molecular complexity index is 1180. The highest BCUT2D eigenvalue weighted by molar-refractivity contribution is 6.07. The molecule has 6 heteroatoms. The van der Waals surface area contributed by atoms with Gasteiger partial charge in [-0.05, 0) is 42.5 Å². The lowest BCUT2D eigenvalue weighted by Crippen LogP contribution is -2.20. The van der Waals surface area contributed by atoms with Crippen LogP contribution in [0.2, 0.25) is 0 Å². The molecule has 0 aliphatic rings. The van der Waals surface area contributed by atoms with Gasteiger partial charge < -0.3 is 19.2 Å². The van der Waals surface area contributed by atoms with Gasteiger partial charge in [-0.25, -0.2) is 0 Å². The van der Waals surface area contributed by atoms with E-state index in [4.69, 9.17) is 13.9 Å². The van der Waals surface area contributed by atoms with Gasteiger partial charge in [-0.3, -0.25) is 9.59 Å². The summed E-state index contributed by atoms with van der Waals surface area (Å²) in [7, 11) is 1.51. The van der Waals surface area contributed by atoms with Crippen molar-refractivity contribution in [2.45, 2.75) is 0 Å². The fourth-order valence-corrected chi connectivity index (χ4v) is 3.02. The van der Waals surface area contributed by atoms with Crippen molar-refractivity contribution in [3.8, 4) is 11.5 Å². The third-order valence-electron chi connectivity index (χ3n) is 4.36. The van der Waals surface area contributed by atoms with Gasteiger partial charge in [0.15, 0.2) is 12.9 Å². The minimum atomic E-state index is -0.334. The second-order valence-electron chi connectivity index (χ2n) is 6.17. The van der Waals surface area contributed by atoms with Gasteiger partial charge in [0.2, 0.25) is 0 Å². The Morgan fingerprint density at radius 2 is 1.86 bits per heavy atom. The van der Waals surface area contributed by atoms with Crippen LogP contribution in [0.15, 0.2) is 65.1 Å². The quantitative estimate of drug-likeness (QED) is 0.505. The second kappa shape index (κ2) is 7.44. The SMILES string of the molecule is COc1ccc(OCC(=O)Nc2ccc3oc4ccccc4c3c2)c(C=O)c1. The number of aldehydes is 1. The van der Waals surface area contributed by atoms with E-state index in [1.54, 1.807) is 24.3 Å². The van der Waals surface area contributed by atoms with Crippen molar-refractivity contribution < 1.29 is 23.5 Å². The van der Waals surface area contributed by atoms with Crippen molar-refractivity contribution in [1.29, 1.82) is 0 Å². The predicted molar refractivity (Wildman–Crippen MR) is 106 cm³/mol. The molecule has 28 heavy (non-hydrogen) atoms. The summed E-state index contributed by atoms with van der Waals surface area (Å²) in [6.07, 6.45) is 0.660. The molecule has 0 fully saturated rings. The molecule has 1 aromatic heterocycles. The maximum Gasteiger partial charge on any atom is 0.262 e. The maximum atomic E-state index is 12.3. The first-order chi connectivity index (χ1) is 13.7. The molecule has 0 saturated carbocycles. The van der Waals surface area contributed by atoms with Crippen LogP contribution in [0.1, 0.15) is 10.4 Å². The van der Waals surface area contributed by atoms with Crippen LogP contribution in [0.3, 0.4) is 0 Å². The smallest absolute Gasteiger partial charge is 0.262 e. The number of fused-ring (bicyclic) bond motifs is 3. The molecule has 0 spiro atoms. The Morgan fingerprint density at radius 3 is 2.68 bits per heavy atom. The van der Waals surface area contributed by atoms with Crippen LogP contribution in [-0.2, 0) is 4.79 Å². The number of methoxy groups -OCH3 is 1. The van der Waals surface area contributed by atoms with E-state index in [2.05, 4.69) is 5.32 Å². The van der Waals surface area contributed by atoms with Crippen LogP contribution in [-0.4, -0.2) is 25.9 Å². The fraction of sp³-hybridized carbons (Fsp3) is 0.0909. The summed E-state index contributed by atoms with van der Waals surface area (Å²) in [6.45, 7) is -0.225. The molecule has 1 N–H and O–H groups in total. The van der Waals surface area contributed by atoms with Crippen molar-refractivity contribution in [1.82, 2.24) is 0 Å². The highest BCUT2D eigenvalue weighted by Crippen LogP contribution is 2.30. The molecule has 0 saturated heterocycles. The molecule has 4 rings (SSSR count). The fourth-order valence-electron chi connectivity index (χ4n) is 3.02. The molecule has 140 valence electrons. The maximum absolute atomic E-state index is 12.3. The first-order valence-electron chi connectivity index (χ1n) is 8.65. The molecule has 0 unspecified atom stereocenters. The molecular formula is C22H17NO5. The van der Waals surface area contributed by atoms with E-state index in [0.29, 0.717) is 29.0 Å². The Morgan fingerprint density at radius 1 is 1.04 bits per heavy atom. The van der Waals surface area contributed by atoms with Crippen LogP contribution < -0.4 is 14.8 Å². The number of hydrogen-bond donors (Lipinski definition) is 1. The Hall–Kier alpha value is -3.80. The number of ether oxygens (including phenoxy) is 2. The monoisotopic (exact) mass is 375 g/mol. The van der Waals surface area contributed by atoms with Crippen LogP contribution in [0.4, 0.5) is 5.69 Å². The Kier molecular flexibility index (Phi) is 4.68. The lowest BCUT2D eigenvalue weighted by Gasteiger charge is -2.10. The van der Waals surface area contributed by atoms with Crippen molar-refractivity contribution in [2.75, 3.05) is 19.0 Å². The predicted octanol–water partition coefficient (Wildman–Crippen LogP) is 4.42. The van der Waals surface area contributed by atoms with Gasteiger partial charge in [0, 0.05) is 16.5 Å². The molecule has 1 amide bonds. The lowest BCUT2D eigenvalue weighted by atomic mass is 10.1. The number of carbonyl (C=O) groups is 2. The number of para-hydroxylation sites is 1. The van der Waals surface area contributed by atoms with Crippen molar-refractivity contribution >= 4 is 39.8 Å². The van der Waals surface area contributed by atoms with Crippen molar-refractivity contribution in [3.05, 3.63) is 66.2 Å². The van der Waals surface area contributed by atoms with Gasteiger partial charge in [0.1, 0.15) is 22.7 Å². The zero-order valence-electron chi connectivity index (χ0n) is 15.1. The number of nitrogens with one attached hydrogen (secondary N) is 1. The molecule has 1 heterocycles. The van der Waals surface area contributed by atoms with Gasteiger partial charge in [-0.15, -0.1) is 0 Å². The number of carbonyl (C=O) groups excluding carboxylic acids is 2. The molecular weight excluding hydrogens is 358 g/mol. The van der Waals surface area contributed by atoms with Gasteiger partial charge in [0.05, 0.1) is 12.7 Å². The largest absolute Gasteiger partial charge is 0.497 e. The topological polar surface area (TPSA) is 77.8 Å². The summed E-state index contributed by atoms with van der Waals surface area (Å²) in [5.41, 5.74) is 2.51. The lowest BCUT2D eigenvalue weighted by molar-refractivity contribution is -0.118. The second-order valence-corrected chi connectivity index (χ2v) is 6.17. The minimum absolute atomic E-state index is 0.225. The van der Waals surface area contributed by atoms with Crippen molar-refractivity contribution in [2.24, 2.45) is 0 Å². The van der Waals surface area contributed by atoms with E-state index in [0.717, 1.165) is 21.9 Å². The zero-order chi connectivity index (χ0) is 19.5. The van der Waals surface area contributed by atoms with Crippen LogP contribution in [0.5, 0.6) is 11.5 Å². The molecule has 4 aromatic rings. The summed E-state index contributed by atoms with van der Waals surface area (Å²) in [6, 6.07) is 18.0. The number of benzene rings is 3. The van der Waals surface area contributed by atoms with E-state index in [-0.39, 0.29) is 12.5 Å². The van der Waals surface area contributed by atoms with Gasteiger partial charge in [-0.2, -0.15) is 0 Å². The standard InChI is InChI=1S/C22H17NO5/c1-26-16-7-9-19(14(10-16)12-24)27-13-22(25)23-15-6-8-21-18(11-15)17-4-2-3-5-20(17)28-21/h2-12H,13H2,1H3,(H,23,25). The molecule has 6 nitrogen and oxygen atoms in total. The molecule has 3 aromatic carbocycles. The number of hydrogen-bond acceptors (Lipinski definition) is 5. The van der Waals surface area contributed by atoms with E-state index in [1.807, 2.05) is 36.4 Å². The average molecular weight is 375 g/mol. The van der Waals surface area contributed by atoms with E-state index in [9.17, 15) is 9.59 Å². The number of furan rings is 1. The highest BCUT2D eigenvalue weighted by atomic mass is 16.5. The first-order valence-corrected chi connectivity index (χ1v) is 8.65. The normalized spacial score (nSPS) is 10.8. The van der Waals surface area contributed by atoms with E-state index in [1.165, 1.54) is 7.11 Å². The summed E-state index contributed by atoms with van der Waals surface area (Å²) in [5.74, 6) is 0.529. The third-order valence-corrected chi connectivity index (χ3v) is 4.36. The molecule has 0 atom stereocenters. The van der Waals surface area contributed by atoms with Crippen molar-refractivity contribution in [3.63, 3.8) is 0 Å². The summed E-state index contributed by atoms with van der Waals surface area (Å²) in [5, 5.41) is 4.71. The Labute approximate surface area is 160 Å². The molecule has 0 radical (unpaired) electrons. The van der Waals surface area contributed by atoms with Crippen LogP contribution in [0, 0.1) is 0 Å². The number of amides is 1. The number of rotatable bonds is 6. The summed E-state index contributed by atoms with van der Waals surface area (Å²) in [4.78, 5) is 23.5. The minimum Gasteiger partial charge on any atom is -0.497 e. The van der Waals surface area contributed by atoms with Gasteiger partial charge in [0.25, 0.3) is 5.91 Å². The molecule has 0 bridgehead atoms. The van der Waals surface area contributed by atoms with Gasteiger partial charge >= 0.3 is 0 Å². The first kappa shape index (κ1) is 17.6. The van der Waals surface area contributed by atoms with E-state index >= 15 is 0 Å². The average Bonchev–Trinajstić information content (AvgIpc) is 3.10. The summed E-state index contributed by atoms with van der Waals surface area (Å²) < 4.78 is 16.3. The number of anilines is 1.